The summed E-state index contributed by atoms with van der Waals surface area (Å²) in [6, 6.07) is 9.70. The zero-order valence-corrected chi connectivity index (χ0v) is 12.3. The van der Waals surface area contributed by atoms with E-state index in [9.17, 15) is 14.7 Å². The third-order valence-electron chi connectivity index (χ3n) is 3.57. The van der Waals surface area contributed by atoms with E-state index >= 15 is 0 Å². The van der Waals surface area contributed by atoms with Crippen molar-refractivity contribution in [3.63, 3.8) is 0 Å². The number of pyridine rings is 1. The summed E-state index contributed by atoms with van der Waals surface area (Å²) in [6.45, 7) is 3.55. The normalized spacial score (nSPS) is 12.0. The number of para-hydroxylation sites is 1. The van der Waals surface area contributed by atoms with E-state index in [-0.39, 0.29) is 23.3 Å². The van der Waals surface area contributed by atoms with Gasteiger partial charge in [0.15, 0.2) is 0 Å². The van der Waals surface area contributed by atoms with E-state index in [0.717, 1.165) is 0 Å². The second-order valence-corrected chi connectivity index (χ2v) is 5.03. The number of rotatable bonds is 3. The molecule has 2 N–H and O–H groups in total. The molecule has 1 amide bonds. The Morgan fingerprint density at radius 3 is 2.52 bits per heavy atom. The van der Waals surface area contributed by atoms with Gasteiger partial charge in [-0.05, 0) is 32.0 Å². The second kappa shape index (κ2) is 5.83. The van der Waals surface area contributed by atoms with Crippen LogP contribution < -0.4 is 5.56 Å². The van der Waals surface area contributed by atoms with Gasteiger partial charge in [0.25, 0.3) is 11.5 Å². The third-order valence-corrected chi connectivity index (χ3v) is 3.57. The van der Waals surface area contributed by atoms with E-state index in [1.807, 2.05) is 0 Å². The number of aromatic amines is 1. The summed E-state index contributed by atoms with van der Waals surface area (Å²) in [5.41, 5.74) is 1.02. The molecule has 1 aromatic heterocycles. The van der Waals surface area contributed by atoms with Crippen molar-refractivity contribution in [1.29, 1.82) is 0 Å². The fraction of sp³-hybridized carbons (Fsp3) is 0.250. The molecule has 0 saturated carbocycles. The van der Waals surface area contributed by atoms with Crippen LogP contribution in [0.4, 0.5) is 0 Å². The molecule has 1 atom stereocenters. The maximum absolute atomic E-state index is 12.4. The lowest BCUT2D eigenvalue weighted by Gasteiger charge is -2.25. The van der Waals surface area contributed by atoms with Crippen LogP contribution in [0.3, 0.4) is 0 Å². The van der Waals surface area contributed by atoms with Crippen LogP contribution in [0.15, 0.2) is 41.2 Å². The molecule has 21 heavy (non-hydrogen) atoms. The van der Waals surface area contributed by atoms with E-state index < -0.39 is 5.56 Å². The number of phenolic OH excluding ortho intramolecular Hbond substituents is 1. The maximum Gasteiger partial charge on any atom is 0.260 e. The number of carbonyl (C=O) groups excluding carboxylic acids is 1. The van der Waals surface area contributed by atoms with Crippen LogP contribution in [0.25, 0.3) is 0 Å². The first-order valence-corrected chi connectivity index (χ1v) is 6.66. The molecule has 0 radical (unpaired) electrons. The Balaban J connectivity index is 2.31. The monoisotopic (exact) mass is 286 g/mol. The van der Waals surface area contributed by atoms with Crippen molar-refractivity contribution in [3.05, 3.63) is 63.6 Å². The van der Waals surface area contributed by atoms with Crippen molar-refractivity contribution in [2.75, 3.05) is 7.05 Å². The Labute approximate surface area is 122 Å². The van der Waals surface area contributed by atoms with Crippen LogP contribution in [0, 0.1) is 6.92 Å². The number of nitrogens with one attached hydrogen (secondary N) is 1. The molecule has 0 bridgehead atoms. The number of amides is 1. The molecule has 110 valence electrons. The number of hydrogen-bond donors (Lipinski definition) is 2. The fourth-order valence-corrected chi connectivity index (χ4v) is 2.16. The van der Waals surface area contributed by atoms with Crippen molar-refractivity contribution in [3.8, 4) is 5.75 Å². The fourth-order valence-electron chi connectivity index (χ4n) is 2.16. The predicted molar refractivity (Wildman–Crippen MR) is 80.4 cm³/mol. The standard InChI is InChI=1S/C16H18N2O3/c1-10-8-9-13(15(20)17-10)16(21)18(3)11(2)12-6-4-5-7-14(12)19/h4-9,11,19H,1-3H3,(H,17,20). The van der Waals surface area contributed by atoms with Gasteiger partial charge in [-0.3, -0.25) is 9.59 Å². The minimum atomic E-state index is -0.406. The Morgan fingerprint density at radius 1 is 1.24 bits per heavy atom. The van der Waals surface area contributed by atoms with Gasteiger partial charge in [0.1, 0.15) is 11.3 Å². The van der Waals surface area contributed by atoms with Gasteiger partial charge >= 0.3 is 0 Å². The van der Waals surface area contributed by atoms with Gasteiger partial charge in [0.05, 0.1) is 6.04 Å². The summed E-state index contributed by atoms with van der Waals surface area (Å²) >= 11 is 0. The summed E-state index contributed by atoms with van der Waals surface area (Å²) in [6.07, 6.45) is 0. The highest BCUT2D eigenvalue weighted by Gasteiger charge is 2.22. The third kappa shape index (κ3) is 2.97. The average molecular weight is 286 g/mol. The van der Waals surface area contributed by atoms with Crippen molar-refractivity contribution in [1.82, 2.24) is 9.88 Å². The number of carbonyl (C=O) groups is 1. The summed E-state index contributed by atoms with van der Waals surface area (Å²) < 4.78 is 0. The Kier molecular flexibility index (Phi) is 4.12. The van der Waals surface area contributed by atoms with Crippen LogP contribution in [0.5, 0.6) is 5.75 Å². The van der Waals surface area contributed by atoms with Gasteiger partial charge in [0.2, 0.25) is 0 Å². The molecule has 0 fully saturated rings. The van der Waals surface area contributed by atoms with Crippen LogP contribution in [0.2, 0.25) is 0 Å². The lowest BCUT2D eigenvalue weighted by Crippen LogP contribution is -2.33. The van der Waals surface area contributed by atoms with Crippen LogP contribution in [-0.4, -0.2) is 27.9 Å². The number of H-pyrrole nitrogens is 1. The summed E-state index contributed by atoms with van der Waals surface area (Å²) in [5, 5.41) is 9.87. The molecule has 0 saturated heterocycles. The lowest BCUT2D eigenvalue weighted by molar-refractivity contribution is 0.0739. The molecule has 0 aliphatic rings. The predicted octanol–water partition coefficient (Wildman–Crippen LogP) is 2.22. The molecular weight excluding hydrogens is 268 g/mol. The minimum absolute atomic E-state index is 0.0883. The van der Waals surface area contributed by atoms with E-state index in [0.29, 0.717) is 11.3 Å². The van der Waals surface area contributed by atoms with Crippen molar-refractivity contribution in [2.24, 2.45) is 0 Å². The van der Waals surface area contributed by atoms with Gasteiger partial charge in [-0.1, -0.05) is 18.2 Å². The number of hydrogen-bond acceptors (Lipinski definition) is 3. The smallest absolute Gasteiger partial charge is 0.260 e. The van der Waals surface area contributed by atoms with Crippen LogP contribution in [0.1, 0.15) is 34.6 Å². The van der Waals surface area contributed by atoms with Crippen molar-refractivity contribution < 1.29 is 9.90 Å². The average Bonchev–Trinajstić information content (AvgIpc) is 2.45. The minimum Gasteiger partial charge on any atom is -0.508 e. The van der Waals surface area contributed by atoms with Gasteiger partial charge in [-0.15, -0.1) is 0 Å². The molecule has 5 heteroatoms. The molecule has 0 spiro atoms. The van der Waals surface area contributed by atoms with Crippen LogP contribution in [-0.2, 0) is 0 Å². The van der Waals surface area contributed by atoms with E-state index in [4.69, 9.17) is 0 Å². The number of aromatic hydroxyl groups is 1. The molecule has 1 aromatic carbocycles. The summed E-state index contributed by atoms with van der Waals surface area (Å²) in [7, 11) is 1.61. The largest absolute Gasteiger partial charge is 0.508 e. The summed E-state index contributed by atoms with van der Waals surface area (Å²) in [4.78, 5) is 28.3. The molecule has 0 aliphatic carbocycles. The molecule has 0 aliphatic heterocycles. The maximum atomic E-state index is 12.4. The van der Waals surface area contributed by atoms with Gasteiger partial charge in [0, 0.05) is 18.3 Å². The molecule has 5 nitrogen and oxygen atoms in total. The number of aromatic nitrogens is 1. The number of aryl methyl sites for hydroxylation is 1. The zero-order chi connectivity index (χ0) is 15.6. The topological polar surface area (TPSA) is 73.4 Å². The van der Waals surface area contributed by atoms with Gasteiger partial charge < -0.3 is 15.0 Å². The molecular formula is C16H18N2O3. The van der Waals surface area contributed by atoms with E-state index in [2.05, 4.69) is 4.98 Å². The molecule has 2 rings (SSSR count). The lowest BCUT2D eigenvalue weighted by atomic mass is 10.1. The first kappa shape index (κ1) is 14.8. The first-order valence-electron chi connectivity index (χ1n) is 6.66. The van der Waals surface area contributed by atoms with E-state index in [1.165, 1.54) is 11.0 Å². The Morgan fingerprint density at radius 2 is 1.90 bits per heavy atom. The van der Waals surface area contributed by atoms with Crippen molar-refractivity contribution in [2.45, 2.75) is 19.9 Å². The molecule has 2 aromatic rings. The molecule has 1 unspecified atom stereocenters. The number of nitrogens with zero attached hydrogens (tertiary/aromatic N) is 1. The van der Waals surface area contributed by atoms with Crippen LogP contribution >= 0.6 is 0 Å². The van der Waals surface area contributed by atoms with E-state index in [1.54, 1.807) is 51.2 Å². The first-order chi connectivity index (χ1) is 9.91. The number of phenols is 1. The quantitative estimate of drug-likeness (QED) is 0.908. The Bertz CT molecular complexity index is 721. The molecule has 1 heterocycles. The highest BCUT2D eigenvalue weighted by Crippen LogP contribution is 2.27. The van der Waals surface area contributed by atoms with Gasteiger partial charge in [-0.25, -0.2) is 0 Å². The summed E-state index contributed by atoms with van der Waals surface area (Å²) in [5.74, 6) is -0.255. The van der Waals surface area contributed by atoms with Gasteiger partial charge in [-0.2, -0.15) is 0 Å². The zero-order valence-electron chi connectivity index (χ0n) is 12.3. The van der Waals surface area contributed by atoms with Crippen molar-refractivity contribution >= 4 is 5.91 Å². The Hall–Kier alpha value is -2.56. The number of benzene rings is 1. The second-order valence-electron chi connectivity index (χ2n) is 5.03. The highest BCUT2D eigenvalue weighted by molar-refractivity contribution is 5.94. The highest BCUT2D eigenvalue weighted by atomic mass is 16.3. The SMILES string of the molecule is Cc1ccc(C(=O)N(C)C(C)c2ccccc2O)c(=O)[nH]1.